The van der Waals surface area contributed by atoms with E-state index < -0.39 is 5.97 Å². The number of esters is 1. The maximum atomic E-state index is 13.5. The van der Waals surface area contributed by atoms with Crippen molar-refractivity contribution in [2.75, 3.05) is 12.4 Å². The zero-order chi connectivity index (χ0) is 15.4. The second-order valence-electron chi connectivity index (χ2n) is 4.98. The van der Waals surface area contributed by atoms with Crippen LogP contribution in [0.15, 0.2) is 36.4 Å². The van der Waals surface area contributed by atoms with Gasteiger partial charge in [0.15, 0.2) is 0 Å². The van der Waals surface area contributed by atoms with Crippen LogP contribution in [0.5, 0.6) is 0 Å². The number of halogens is 1. The van der Waals surface area contributed by atoms with Crippen molar-refractivity contribution in [2.45, 2.75) is 20.4 Å². The summed E-state index contributed by atoms with van der Waals surface area (Å²) in [6.45, 7) is 4.07. The standard InChI is InChI=1S/C17H18FNO2/c1-11-4-7-16(14(8-11)17(20)21-3)19-10-13-6-5-12(2)15(18)9-13/h4-9,19H,10H2,1-3H3. The van der Waals surface area contributed by atoms with Crippen LogP contribution >= 0.6 is 0 Å². The van der Waals surface area contributed by atoms with Crippen LogP contribution in [0.4, 0.5) is 10.1 Å². The van der Waals surface area contributed by atoms with Gasteiger partial charge in [0.1, 0.15) is 5.82 Å². The van der Waals surface area contributed by atoms with Crippen LogP contribution in [0.2, 0.25) is 0 Å². The average Bonchev–Trinajstić information content (AvgIpc) is 2.48. The van der Waals surface area contributed by atoms with Crippen LogP contribution in [0, 0.1) is 19.7 Å². The van der Waals surface area contributed by atoms with Gasteiger partial charge in [-0.05, 0) is 43.2 Å². The minimum absolute atomic E-state index is 0.230. The van der Waals surface area contributed by atoms with E-state index in [2.05, 4.69) is 5.32 Å². The van der Waals surface area contributed by atoms with Gasteiger partial charge < -0.3 is 10.1 Å². The Morgan fingerprint density at radius 2 is 1.95 bits per heavy atom. The quantitative estimate of drug-likeness (QED) is 0.868. The molecule has 21 heavy (non-hydrogen) atoms. The Labute approximate surface area is 123 Å². The maximum Gasteiger partial charge on any atom is 0.339 e. The topological polar surface area (TPSA) is 38.3 Å². The molecule has 1 N–H and O–H groups in total. The van der Waals surface area contributed by atoms with Crippen molar-refractivity contribution in [1.29, 1.82) is 0 Å². The smallest absolute Gasteiger partial charge is 0.339 e. The van der Waals surface area contributed by atoms with Gasteiger partial charge in [0, 0.05) is 12.2 Å². The molecular weight excluding hydrogens is 269 g/mol. The summed E-state index contributed by atoms with van der Waals surface area (Å²) in [5, 5.41) is 3.15. The van der Waals surface area contributed by atoms with Crippen LogP contribution in [0.3, 0.4) is 0 Å². The second kappa shape index (κ2) is 6.39. The van der Waals surface area contributed by atoms with Crippen molar-refractivity contribution in [3.63, 3.8) is 0 Å². The van der Waals surface area contributed by atoms with Crippen LogP contribution < -0.4 is 5.32 Å². The Morgan fingerprint density at radius 1 is 1.19 bits per heavy atom. The summed E-state index contributed by atoms with van der Waals surface area (Å²) >= 11 is 0. The molecule has 0 saturated heterocycles. The number of carbonyl (C=O) groups is 1. The Morgan fingerprint density at radius 3 is 2.62 bits per heavy atom. The molecule has 0 aromatic heterocycles. The average molecular weight is 287 g/mol. The molecule has 2 aromatic rings. The number of benzene rings is 2. The molecule has 0 bridgehead atoms. The molecule has 0 aliphatic heterocycles. The lowest BCUT2D eigenvalue weighted by Gasteiger charge is -2.12. The fraction of sp³-hybridized carbons (Fsp3) is 0.235. The number of hydrogen-bond donors (Lipinski definition) is 1. The zero-order valence-electron chi connectivity index (χ0n) is 12.4. The number of rotatable bonds is 4. The molecule has 0 fully saturated rings. The highest BCUT2D eigenvalue weighted by atomic mass is 19.1. The highest BCUT2D eigenvalue weighted by Crippen LogP contribution is 2.20. The van der Waals surface area contributed by atoms with Gasteiger partial charge >= 0.3 is 5.97 Å². The molecule has 0 spiro atoms. The van der Waals surface area contributed by atoms with Crippen LogP contribution in [-0.4, -0.2) is 13.1 Å². The largest absolute Gasteiger partial charge is 0.465 e. The molecule has 0 radical (unpaired) electrons. The predicted octanol–water partition coefficient (Wildman–Crippen LogP) is 3.84. The second-order valence-corrected chi connectivity index (χ2v) is 4.98. The van der Waals surface area contributed by atoms with Crippen LogP contribution in [-0.2, 0) is 11.3 Å². The van der Waals surface area contributed by atoms with Gasteiger partial charge in [-0.1, -0.05) is 23.8 Å². The lowest BCUT2D eigenvalue weighted by atomic mass is 10.1. The molecule has 0 amide bonds. The predicted molar refractivity (Wildman–Crippen MR) is 81.0 cm³/mol. The zero-order valence-corrected chi connectivity index (χ0v) is 12.4. The lowest BCUT2D eigenvalue weighted by molar-refractivity contribution is 0.0601. The third-order valence-corrected chi connectivity index (χ3v) is 3.30. The fourth-order valence-electron chi connectivity index (χ4n) is 2.03. The first-order valence-corrected chi connectivity index (χ1v) is 6.69. The van der Waals surface area contributed by atoms with Crippen molar-refractivity contribution in [3.05, 3.63) is 64.5 Å². The van der Waals surface area contributed by atoms with Crippen molar-refractivity contribution in [2.24, 2.45) is 0 Å². The SMILES string of the molecule is COC(=O)c1cc(C)ccc1NCc1ccc(C)c(F)c1. The molecule has 0 saturated carbocycles. The molecule has 110 valence electrons. The van der Waals surface area contributed by atoms with Crippen molar-refractivity contribution >= 4 is 11.7 Å². The number of ether oxygens (including phenoxy) is 1. The van der Waals surface area contributed by atoms with E-state index in [9.17, 15) is 9.18 Å². The molecule has 2 rings (SSSR count). The van der Waals surface area contributed by atoms with E-state index in [1.807, 2.05) is 25.1 Å². The Balaban J connectivity index is 2.19. The monoisotopic (exact) mass is 287 g/mol. The summed E-state index contributed by atoms with van der Waals surface area (Å²) in [4.78, 5) is 11.8. The van der Waals surface area contributed by atoms with E-state index in [0.29, 0.717) is 23.4 Å². The molecule has 0 atom stereocenters. The van der Waals surface area contributed by atoms with Gasteiger partial charge in [-0.25, -0.2) is 9.18 Å². The van der Waals surface area contributed by atoms with Crippen molar-refractivity contribution < 1.29 is 13.9 Å². The van der Waals surface area contributed by atoms with E-state index in [4.69, 9.17) is 4.74 Å². The number of nitrogens with one attached hydrogen (secondary N) is 1. The minimum atomic E-state index is -0.392. The van der Waals surface area contributed by atoms with Crippen molar-refractivity contribution in [3.8, 4) is 0 Å². The number of hydrogen-bond acceptors (Lipinski definition) is 3. The third kappa shape index (κ3) is 3.60. The Hall–Kier alpha value is -2.36. The minimum Gasteiger partial charge on any atom is -0.465 e. The first-order chi connectivity index (χ1) is 10.0. The molecule has 0 aliphatic carbocycles. The third-order valence-electron chi connectivity index (χ3n) is 3.30. The highest BCUT2D eigenvalue weighted by molar-refractivity contribution is 5.95. The van der Waals surface area contributed by atoms with Gasteiger partial charge in [-0.2, -0.15) is 0 Å². The molecule has 3 nitrogen and oxygen atoms in total. The van der Waals surface area contributed by atoms with Gasteiger partial charge in [-0.3, -0.25) is 0 Å². The lowest BCUT2D eigenvalue weighted by Crippen LogP contribution is -2.09. The Bertz CT molecular complexity index is 668. The molecule has 0 unspecified atom stereocenters. The summed E-state index contributed by atoms with van der Waals surface area (Å²) in [5.74, 6) is -0.623. The molecule has 4 heteroatoms. The van der Waals surface area contributed by atoms with Gasteiger partial charge in [-0.15, -0.1) is 0 Å². The van der Waals surface area contributed by atoms with E-state index in [0.717, 1.165) is 11.1 Å². The summed E-state index contributed by atoms with van der Waals surface area (Å²) < 4.78 is 18.3. The normalized spacial score (nSPS) is 10.3. The first-order valence-electron chi connectivity index (χ1n) is 6.69. The molecule has 2 aromatic carbocycles. The van der Waals surface area contributed by atoms with Gasteiger partial charge in [0.05, 0.1) is 12.7 Å². The number of methoxy groups -OCH3 is 1. The number of anilines is 1. The van der Waals surface area contributed by atoms with Crippen LogP contribution in [0.1, 0.15) is 27.0 Å². The number of carbonyl (C=O) groups excluding carboxylic acids is 1. The van der Waals surface area contributed by atoms with E-state index >= 15 is 0 Å². The van der Waals surface area contributed by atoms with E-state index in [1.165, 1.54) is 13.2 Å². The Kier molecular flexibility index (Phi) is 4.58. The first kappa shape index (κ1) is 15.0. The summed E-state index contributed by atoms with van der Waals surface area (Å²) in [7, 11) is 1.35. The van der Waals surface area contributed by atoms with E-state index in [1.54, 1.807) is 19.1 Å². The van der Waals surface area contributed by atoms with Crippen molar-refractivity contribution in [1.82, 2.24) is 0 Å². The van der Waals surface area contributed by atoms with E-state index in [-0.39, 0.29) is 5.82 Å². The highest BCUT2D eigenvalue weighted by Gasteiger charge is 2.12. The summed E-state index contributed by atoms with van der Waals surface area (Å²) in [5.41, 5.74) is 3.56. The fourth-order valence-corrected chi connectivity index (χ4v) is 2.03. The molecule has 0 aliphatic rings. The summed E-state index contributed by atoms with van der Waals surface area (Å²) in [6, 6.07) is 10.6. The molecular formula is C17H18FNO2. The number of aryl methyl sites for hydroxylation is 2. The van der Waals surface area contributed by atoms with Gasteiger partial charge in [0.2, 0.25) is 0 Å². The van der Waals surface area contributed by atoms with Gasteiger partial charge in [0.25, 0.3) is 0 Å². The summed E-state index contributed by atoms with van der Waals surface area (Å²) in [6.07, 6.45) is 0. The molecule has 0 heterocycles. The maximum absolute atomic E-state index is 13.5. The van der Waals surface area contributed by atoms with Crippen LogP contribution in [0.25, 0.3) is 0 Å².